The minimum absolute atomic E-state index is 0.142. The second-order valence-electron chi connectivity index (χ2n) is 21.6. The van der Waals surface area contributed by atoms with Crippen molar-refractivity contribution in [1.29, 1.82) is 0 Å². The molecule has 412 valence electrons. The molecule has 2 aliphatic rings. The number of benzene rings is 12. The van der Waals surface area contributed by atoms with Crippen LogP contribution in [0.5, 0.6) is 23.0 Å². The summed E-state index contributed by atoms with van der Waals surface area (Å²) in [5, 5.41) is 1.76. The fraction of sp³-hybridized carbons (Fsp3) is 0.0256. The van der Waals surface area contributed by atoms with Gasteiger partial charge in [0, 0.05) is 33.3 Å². The van der Waals surface area contributed by atoms with E-state index in [1.165, 1.54) is 36.4 Å². The molecule has 0 fully saturated rings. The second kappa shape index (κ2) is 20.4. The van der Waals surface area contributed by atoms with Crippen LogP contribution in [0.1, 0.15) is 55.6 Å². The van der Waals surface area contributed by atoms with Crippen LogP contribution < -0.4 is 14.4 Å². The molecule has 4 nitrogen and oxygen atoms in total. The molecule has 0 aliphatic heterocycles. The van der Waals surface area contributed by atoms with Gasteiger partial charge >= 0.3 is 0 Å². The fourth-order valence-electron chi connectivity index (χ4n) is 13.5. The van der Waals surface area contributed by atoms with Crippen molar-refractivity contribution in [3.05, 3.63) is 353 Å². The lowest BCUT2D eigenvalue weighted by Gasteiger charge is -2.36. The molecule has 13 aromatic rings. The summed E-state index contributed by atoms with van der Waals surface area (Å²) in [7, 11) is 0. The van der Waals surface area contributed by atoms with Crippen molar-refractivity contribution in [3.63, 3.8) is 0 Å². The molecule has 0 saturated carbocycles. The van der Waals surface area contributed by atoms with Gasteiger partial charge in [0.1, 0.15) is 51.8 Å². The second-order valence-corrected chi connectivity index (χ2v) is 21.6. The Hall–Kier alpha value is -11.0. The van der Waals surface area contributed by atoms with Gasteiger partial charge in [-0.1, -0.05) is 177 Å². The highest BCUT2D eigenvalue weighted by atomic mass is 19.1. The van der Waals surface area contributed by atoms with Gasteiger partial charge in [0.25, 0.3) is 0 Å². The van der Waals surface area contributed by atoms with Crippen LogP contribution in [0.3, 0.4) is 0 Å². The van der Waals surface area contributed by atoms with Crippen molar-refractivity contribution < 1.29 is 31.5 Å². The largest absolute Gasteiger partial charge is 0.457 e. The number of hydrogen-bond donors (Lipinski definition) is 0. The van der Waals surface area contributed by atoms with Gasteiger partial charge in [-0.25, -0.2) is 17.6 Å². The maximum absolute atomic E-state index is 17.4. The molecule has 86 heavy (non-hydrogen) atoms. The number of furan rings is 1. The summed E-state index contributed by atoms with van der Waals surface area (Å²) >= 11 is 0. The minimum Gasteiger partial charge on any atom is -0.457 e. The Kier molecular flexibility index (Phi) is 12.3. The third-order valence-electron chi connectivity index (χ3n) is 17.2. The topological polar surface area (TPSA) is 34.8 Å². The van der Waals surface area contributed by atoms with Crippen LogP contribution >= 0.6 is 0 Å². The Morgan fingerprint density at radius 3 is 1.20 bits per heavy atom. The van der Waals surface area contributed by atoms with E-state index in [1.807, 2.05) is 224 Å². The van der Waals surface area contributed by atoms with Crippen LogP contribution in [0.4, 0.5) is 34.6 Å². The van der Waals surface area contributed by atoms with Crippen molar-refractivity contribution in [1.82, 2.24) is 0 Å². The standard InChI is InChI=1S/C78H49F4NO3/c1-3-48-26-36-54(37-27-48)84-56-40-30-50(31-41-56)77(74-68(79)20-12-21-69(74)80)64-18-8-5-14-58(64)60-44-34-52(46-66(60)77)83(72-24-11-17-63-62-16-7-10-25-73(62)86-76(63)72)53-35-45-61-59-15-6-9-19-65(59)78(67(61)47-53,75-70(81)22-13-23-71(75)82)51-32-42-57(43-33-51)85-55-38-28-49(4-2)29-39-55/h3-47H,1-2H2. The average molecular weight is 1120 g/mol. The van der Waals surface area contributed by atoms with E-state index in [9.17, 15) is 0 Å². The van der Waals surface area contributed by atoms with Crippen LogP contribution in [-0.2, 0) is 10.8 Å². The van der Waals surface area contributed by atoms with Gasteiger partial charge in [0.15, 0.2) is 5.58 Å². The van der Waals surface area contributed by atoms with Crippen molar-refractivity contribution in [2.24, 2.45) is 0 Å². The van der Waals surface area contributed by atoms with E-state index < -0.39 is 34.1 Å². The van der Waals surface area contributed by atoms with Gasteiger partial charge in [-0.2, -0.15) is 0 Å². The lowest BCUT2D eigenvalue weighted by molar-refractivity contribution is 0.481. The Balaban J connectivity index is 0.978. The van der Waals surface area contributed by atoms with Crippen LogP contribution in [0.2, 0.25) is 0 Å². The maximum atomic E-state index is 17.4. The zero-order valence-electron chi connectivity index (χ0n) is 46.1. The number of rotatable bonds is 13. The van der Waals surface area contributed by atoms with E-state index in [1.54, 1.807) is 12.2 Å². The van der Waals surface area contributed by atoms with Gasteiger partial charge in [0.05, 0.1) is 16.5 Å². The summed E-state index contributed by atoms with van der Waals surface area (Å²) in [6.45, 7) is 7.74. The maximum Gasteiger partial charge on any atom is 0.159 e. The third-order valence-corrected chi connectivity index (χ3v) is 17.2. The van der Waals surface area contributed by atoms with Crippen molar-refractivity contribution in [2.45, 2.75) is 10.8 Å². The number of anilines is 3. The molecule has 0 N–H and O–H groups in total. The van der Waals surface area contributed by atoms with E-state index in [4.69, 9.17) is 13.9 Å². The molecule has 2 unspecified atom stereocenters. The van der Waals surface area contributed by atoms with E-state index in [-0.39, 0.29) is 11.1 Å². The number of halogens is 4. The smallest absolute Gasteiger partial charge is 0.159 e. The normalized spacial score (nSPS) is 15.4. The summed E-state index contributed by atoms with van der Waals surface area (Å²) in [6.07, 6.45) is 3.52. The van der Waals surface area contributed by atoms with Gasteiger partial charge in [-0.15, -0.1) is 0 Å². The third kappa shape index (κ3) is 7.97. The molecule has 1 heterocycles. The highest BCUT2D eigenvalue weighted by molar-refractivity contribution is 6.10. The van der Waals surface area contributed by atoms with E-state index in [2.05, 4.69) is 18.1 Å². The molecule has 2 aliphatic carbocycles. The first-order valence-electron chi connectivity index (χ1n) is 28.3. The Morgan fingerprint density at radius 1 is 0.360 bits per heavy atom. The van der Waals surface area contributed by atoms with Gasteiger partial charge < -0.3 is 18.8 Å². The van der Waals surface area contributed by atoms with E-state index in [0.29, 0.717) is 84.6 Å². The fourth-order valence-corrected chi connectivity index (χ4v) is 13.5. The lowest BCUT2D eigenvalue weighted by atomic mass is 9.67. The average Bonchev–Trinajstić information content (AvgIpc) is 1.54. The predicted molar refractivity (Wildman–Crippen MR) is 336 cm³/mol. The van der Waals surface area contributed by atoms with Crippen molar-refractivity contribution in [3.8, 4) is 45.3 Å². The lowest BCUT2D eigenvalue weighted by Crippen LogP contribution is -2.31. The highest BCUT2D eigenvalue weighted by Gasteiger charge is 2.51. The summed E-state index contributed by atoms with van der Waals surface area (Å²) < 4.78 is 89.0. The summed E-state index contributed by atoms with van der Waals surface area (Å²) in [6, 6.07) is 79.3. The summed E-state index contributed by atoms with van der Waals surface area (Å²) in [5.41, 5.74) is 8.52. The van der Waals surface area contributed by atoms with Gasteiger partial charge in [-0.05, 0) is 176 Å². The van der Waals surface area contributed by atoms with Crippen LogP contribution in [0.15, 0.2) is 278 Å². The Morgan fingerprint density at radius 2 is 0.744 bits per heavy atom. The van der Waals surface area contributed by atoms with Gasteiger partial charge in [0.2, 0.25) is 0 Å². The van der Waals surface area contributed by atoms with Crippen LogP contribution in [-0.4, -0.2) is 0 Å². The number of ether oxygens (including phenoxy) is 2. The van der Waals surface area contributed by atoms with Crippen molar-refractivity contribution >= 4 is 51.2 Å². The number of nitrogens with zero attached hydrogens (tertiary/aromatic N) is 1. The molecule has 2 atom stereocenters. The molecular formula is C78H49F4NO3. The quantitative estimate of drug-likeness (QED) is 0.108. The molecule has 0 saturated heterocycles. The monoisotopic (exact) mass is 1120 g/mol. The molecule has 15 rings (SSSR count). The minimum atomic E-state index is -1.57. The highest BCUT2D eigenvalue weighted by Crippen LogP contribution is 2.61. The Bertz CT molecular complexity index is 4570. The first-order chi connectivity index (χ1) is 42.2. The molecular weight excluding hydrogens is 1070 g/mol. The molecule has 0 spiro atoms. The zero-order chi connectivity index (χ0) is 58.3. The summed E-state index contributed by atoms with van der Waals surface area (Å²) in [5.74, 6) is -0.609. The molecule has 8 heteroatoms. The number of fused-ring (bicyclic) bond motifs is 9. The first kappa shape index (κ1) is 51.9. The van der Waals surface area contributed by atoms with Gasteiger partial charge in [-0.3, -0.25) is 0 Å². The number of para-hydroxylation sites is 2. The first-order valence-corrected chi connectivity index (χ1v) is 28.3. The predicted octanol–water partition coefficient (Wildman–Crippen LogP) is 21.2. The molecule has 1 aromatic heterocycles. The van der Waals surface area contributed by atoms with E-state index >= 15 is 17.6 Å². The summed E-state index contributed by atoms with van der Waals surface area (Å²) in [4.78, 5) is 2.07. The van der Waals surface area contributed by atoms with Crippen LogP contribution in [0.25, 0.3) is 56.3 Å². The van der Waals surface area contributed by atoms with Crippen molar-refractivity contribution in [2.75, 3.05) is 4.90 Å². The SMILES string of the molecule is C=Cc1ccc(Oc2ccc(C3(c4c(F)cccc4F)c4ccccc4-c4ccc(N(c5ccc6c(c5)C(c5ccc(Oc7ccc(C=C)cc7)cc5)(c5c(F)cccc5F)c5ccccc5-6)c5cccc6c5oc5ccccc56)cc43)cc2)cc1. The molecule has 12 aromatic carbocycles. The molecule has 0 bridgehead atoms. The molecule has 0 radical (unpaired) electrons. The van der Waals surface area contributed by atoms with E-state index in [0.717, 1.165) is 44.2 Å². The Labute approximate surface area is 494 Å². The molecule has 0 amide bonds. The zero-order valence-corrected chi connectivity index (χ0v) is 46.1. The van der Waals surface area contributed by atoms with Crippen LogP contribution in [0, 0.1) is 23.3 Å². The number of hydrogen-bond acceptors (Lipinski definition) is 4.